The molecule has 0 bridgehead atoms. The highest BCUT2D eigenvalue weighted by molar-refractivity contribution is 7.04. The van der Waals surface area contributed by atoms with Crippen LogP contribution in [-0.2, 0) is 0 Å². The number of para-hydroxylation sites is 3. The van der Waals surface area contributed by atoms with Crippen LogP contribution in [0, 0.1) is 0 Å². The molecule has 59 heavy (non-hydrogen) atoms. The minimum absolute atomic E-state index is 0.749. The fraction of sp³-hybridized carbons (Fsp3) is 0.0370. The van der Waals surface area contributed by atoms with E-state index in [0.29, 0.717) is 0 Å². The lowest BCUT2D eigenvalue weighted by molar-refractivity contribution is 1.17. The molecule has 0 N–H and O–H groups in total. The zero-order valence-corrected chi connectivity index (χ0v) is 33.8. The van der Waals surface area contributed by atoms with Crippen molar-refractivity contribution in [3.05, 3.63) is 194 Å². The van der Waals surface area contributed by atoms with Gasteiger partial charge in [-0.15, -0.1) is 0 Å². The summed E-state index contributed by atoms with van der Waals surface area (Å²) in [5.41, 5.74) is 14.8. The average Bonchev–Trinajstić information content (AvgIpc) is 3.89. The first kappa shape index (κ1) is 33.8. The van der Waals surface area contributed by atoms with Crippen LogP contribution in [0.2, 0.25) is 13.1 Å². The van der Waals surface area contributed by atoms with Gasteiger partial charge in [-0.3, -0.25) is 0 Å². The molecule has 0 fully saturated rings. The molecule has 0 saturated heterocycles. The third kappa shape index (κ3) is 5.01. The van der Waals surface area contributed by atoms with E-state index in [2.05, 4.69) is 216 Å². The number of nitrogens with zero attached hydrogens (tertiary/aromatic N) is 4. The van der Waals surface area contributed by atoms with E-state index in [1.165, 1.54) is 59.6 Å². The molecule has 4 nitrogen and oxygen atoms in total. The molecular formula is C54H38N4Si. The SMILES string of the molecule is C[Si]1(C)c2ccccc2-c2nc(-c3cccc(-c4cccc5c4c4cc(-n6c7ccccc7c7ccccc76)ccc4n5-c4ccccc4)c3)nc(-c3ccccc3)c21. The lowest BCUT2D eigenvalue weighted by Crippen LogP contribution is -2.50. The van der Waals surface area contributed by atoms with Crippen LogP contribution < -0.4 is 10.4 Å². The first-order chi connectivity index (χ1) is 29.0. The molecule has 1 aliphatic rings. The number of rotatable bonds is 5. The molecule has 0 atom stereocenters. The van der Waals surface area contributed by atoms with Gasteiger partial charge in [-0.25, -0.2) is 9.97 Å². The second kappa shape index (κ2) is 12.8. The Kier molecular flexibility index (Phi) is 7.34. The lowest BCUT2D eigenvalue weighted by Gasteiger charge is -2.21. The molecule has 0 amide bonds. The van der Waals surface area contributed by atoms with Gasteiger partial charge in [0.25, 0.3) is 0 Å². The normalized spacial score (nSPS) is 13.1. The summed E-state index contributed by atoms with van der Waals surface area (Å²) in [7, 11) is -2.06. The lowest BCUT2D eigenvalue weighted by atomic mass is 9.97. The van der Waals surface area contributed by atoms with E-state index >= 15 is 0 Å². The van der Waals surface area contributed by atoms with Gasteiger partial charge in [0.2, 0.25) is 0 Å². The van der Waals surface area contributed by atoms with Crippen molar-refractivity contribution in [1.82, 2.24) is 19.1 Å². The first-order valence-corrected chi connectivity index (χ1v) is 23.3. The standard InChI is InChI=1S/C54H38N4Si/c1-59(2)49-30-14-11-25-43(49)52-53(59)51(35-17-5-3-6-18-35)55-54(56-52)37-20-15-19-36(33-37)40-26-16-29-48-50(40)44-34-39(31-32-47(44)57(48)38-21-7-4-8-22-38)58-45-27-12-9-23-41(45)42-24-10-13-28-46(42)58/h3-34H,1-2H3. The molecule has 0 saturated carbocycles. The van der Waals surface area contributed by atoms with Crippen LogP contribution in [0.3, 0.4) is 0 Å². The minimum Gasteiger partial charge on any atom is -0.309 e. The smallest absolute Gasteiger partial charge is 0.160 e. The summed E-state index contributed by atoms with van der Waals surface area (Å²) >= 11 is 0. The van der Waals surface area contributed by atoms with Gasteiger partial charge < -0.3 is 9.13 Å². The van der Waals surface area contributed by atoms with Crippen LogP contribution in [0.5, 0.6) is 0 Å². The Morgan fingerprint density at radius 2 is 0.949 bits per heavy atom. The maximum atomic E-state index is 5.46. The van der Waals surface area contributed by atoms with Crippen molar-refractivity contribution in [1.29, 1.82) is 0 Å². The van der Waals surface area contributed by atoms with Crippen LogP contribution in [0.15, 0.2) is 194 Å². The Morgan fingerprint density at radius 1 is 0.390 bits per heavy atom. The molecule has 0 spiro atoms. The maximum absolute atomic E-state index is 5.46. The van der Waals surface area contributed by atoms with Crippen molar-refractivity contribution >= 4 is 62.1 Å². The number of hydrogen-bond donors (Lipinski definition) is 0. The fourth-order valence-corrected chi connectivity index (χ4v) is 13.1. The molecule has 0 unspecified atom stereocenters. The largest absolute Gasteiger partial charge is 0.309 e. The molecule has 12 rings (SSSR count). The van der Waals surface area contributed by atoms with Crippen molar-refractivity contribution in [2.45, 2.75) is 13.1 Å². The van der Waals surface area contributed by atoms with Crippen molar-refractivity contribution < 1.29 is 0 Å². The quantitative estimate of drug-likeness (QED) is 0.163. The van der Waals surface area contributed by atoms with E-state index in [9.17, 15) is 0 Å². The van der Waals surface area contributed by atoms with Gasteiger partial charge >= 0.3 is 0 Å². The molecule has 5 heteroatoms. The van der Waals surface area contributed by atoms with Crippen molar-refractivity contribution in [3.8, 4) is 56.4 Å². The molecule has 0 aliphatic carbocycles. The second-order valence-electron chi connectivity index (χ2n) is 16.2. The summed E-state index contributed by atoms with van der Waals surface area (Å²) in [5, 5.41) is 7.68. The Bertz CT molecular complexity index is 3420. The molecule has 4 heterocycles. The summed E-state index contributed by atoms with van der Waals surface area (Å²) in [6.45, 7) is 4.87. The Balaban J connectivity index is 1.10. The number of benzene rings is 8. The van der Waals surface area contributed by atoms with Gasteiger partial charge in [0.05, 0.1) is 33.5 Å². The van der Waals surface area contributed by atoms with E-state index in [1.54, 1.807) is 0 Å². The maximum Gasteiger partial charge on any atom is 0.160 e. The van der Waals surface area contributed by atoms with Gasteiger partial charge in [-0.1, -0.05) is 153 Å². The molecule has 3 aromatic heterocycles. The van der Waals surface area contributed by atoms with Crippen molar-refractivity contribution in [2.24, 2.45) is 0 Å². The van der Waals surface area contributed by atoms with Gasteiger partial charge in [0.1, 0.15) is 8.07 Å². The number of fused-ring (bicyclic) bond motifs is 9. The highest BCUT2D eigenvalue weighted by Gasteiger charge is 2.41. The Morgan fingerprint density at radius 3 is 1.73 bits per heavy atom. The molecule has 11 aromatic rings. The first-order valence-electron chi connectivity index (χ1n) is 20.3. The van der Waals surface area contributed by atoms with Crippen LogP contribution >= 0.6 is 0 Å². The second-order valence-corrected chi connectivity index (χ2v) is 20.5. The highest BCUT2D eigenvalue weighted by atomic mass is 28.3. The van der Waals surface area contributed by atoms with Crippen LogP contribution in [0.1, 0.15) is 0 Å². The third-order valence-electron chi connectivity index (χ3n) is 12.5. The van der Waals surface area contributed by atoms with Crippen LogP contribution in [0.25, 0.3) is 100 Å². The van der Waals surface area contributed by atoms with E-state index in [0.717, 1.165) is 50.8 Å². The van der Waals surface area contributed by atoms with E-state index in [1.807, 2.05) is 0 Å². The van der Waals surface area contributed by atoms with Crippen molar-refractivity contribution in [3.63, 3.8) is 0 Å². The molecule has 0 radical (unpaired) electrons. The predicted octanol–water partition coefficient (Wildman–Crippen LogP) is 12.5. The summed E-state index contributed by atoms with van der Waals surface area (Å²) in [6, 6.07) is 70.3. The van der Waals surface area contributed by atoms with Crippen molar-refractivity contribution in [2.75, 3.05) is 0 Å². The predicted molar refractivity (Wildman–Crippen MR) is 249 cm³/mol. The van der Waals surface area contributed by atoms with E-state index < -0.39 is 8.07 Å². The topological polar surface area (TPSA) is 35.6 Å². The summed E-state index contributed by atoms with van der Waals surface area (Å²) < 4.78 is 4.82. The van der Waals surface area contributed by atoms with Gasteiger partial charge in [-0.2, -0.15) is 0 Å². The van der Waals surface area contributed by atoms with Gasteiger partial charge in [0, 0.05) is 44.0 Å². The molecule has 8 aromatic carbocycles. The monoisotopic (exact) mass is 770 g/mol. The molecule has 278 valence electrons. The summed E-state index contributed by atoms with van der Waals surface area (Å²) in [5.74, 6) is 0.749. The number of aromatic nitrogens is 4. The Labute approximate surface area is 343 Å². The Hall–Kier alpha value is -7.34. The fourth-order valence-electron chi connectivity index (χ4n) is 9.87. The van der Waals surface area contributed by atoms with E-state index in [-0.39, 0.29) is 0 Å². The van der Waals surface area contributed by atoms with Crippen LogP contribution in [-0.4, -0.2) is 27.2 Å². The van der Waals surface area contributed by atoms with Gasteiger partial charge in [-0.05, 0) is 81.7 Å². The zero-order chi connectivity index (χ0) is 39.2. The minimum atomic E-state index is -2.06. The zero-order valence-electron chi connectivity index (χ0n) is 32.8. The van der Waals surface area contributed by atoms with Gasteiger partial charge in [0.15, 0.2) is 5.82 Å². The molecular weight excluding hydrogens is 733 g/mol. The molecule has 1 aliphatic heterocycles. The summed E-state index contributed by atoms with van der Waals surface area (Å²) in [4.78, 5) is 10.9. The number of hydrogen-bond acceptors (Lipinski definition) is 2. The third-order valence-corrected chi connectivity index (χ3v) is 16.0. The average molecular weight is 771 g/mol. The van der Waals surface area contributed by atoms with Crippen LogP contribution in [0.4, 0.5) is 0 Å². The summed E-state index contributed by atoms with van der Waals surface area (Å²) in [6.07, 6.45) is 0. The highest BCUT2D eigenvalue weighted by Crippen LogP contribution is 2.42. The van der Waals surface area contributed by atoms with E-state index in [4.69, 9.17) is 9.97 Å².